The van der Waals surface area contributed by atoms with Gasteiger partial charge in [0.25, 0.3) is 5.91 Å². The van der Waals surface area contributed by atoms with Crippen LogP contribution in [0.15, 0.2) is 52.3 Å². The SMILES string of the molecule is CCN(CC)S(=O)(=O)c1cccc(C(=O)N2CCCc3cc(S(C)(=O)=O)ccc32)c1. The Kier molecular flexibility index (Phi) is 6.35. The second-order valence-electron chi connectivity index (χ2n) is 7.24. The minimum absolute atomic E-state index is 0.0849. The molecule has 0 atom stereocenters. The summed E-state index contributed by atoms with van der Waals surface area (Å²) in [5, 5.41) is 0. The van der Waals surface area contributed by atoms with Gasteiger partial charge in [-0.1, -0.05) is 19.9 Å². The van der Waals surface area contributed by atoms with E-state index in [1.54, 1.807) is 43.0 Å². The highest BCUT2D eigenvalue weighted by Gasteiger charge is 2.27. The first-order valence-electron chi connectivity index (χ1n) is 9.84. The van der Waals surface area contributed by atoms with Crippen molar-refractivity contribution in [1.82, 2.24) is 4.31 Å². The first-order valence-corrected chi connectivity index (χ1v) is 13.2. The first kappa shape index (κ1) is 22.5. The third-order valence-corrected chi connectivity index (χ3v) is 8.42. The van der Waals surface area contributed by atoms with E-state index in [1.807, 2.05) is 0 Å². The minimum Gasteiger partial charge on any atom is -0.308 e. The maximum Gasteiger partial charge on any atom is 0.258 e. The fraction of sp³-hybridized carbons (Fsp3) is 0.381. The highest BCUT2D eigenvalue weighted by Crippen LogP contribution is 2.31. The van der Waals surface area contributed by atoms with Crippen molar-refractivity contribution >= 4 is 31.5 Å². The number of sulfone groups is 1. The fourth-order valence-corrected chi connectivity index (χ4v) is 5.85. The molecule has 1 aliphatic heterocycles. The quantitative estimate of drug-likeness (QED) is 0.675. The maximum atomic E-state index is 13.2. The van der Waals surface area contributed by atoms with E-state index in [0.29, 0.717) is 38.2 Å². The number of aryl methyl sites for hydroxylation is 1. The van der Waals surface area contributed by atoms with Crippen LogP contribution in [0.4, 0.5) is 5.69 Å². The van der Waals surface area contributed by atoms with Gasteiger partial charge in [0.2, 0.25) is 10.0 Å². The lowest BCUT2D eigenvalue weighted by molar-refractivity contribution is 0.0985. The predicted octanol–water partition coefficient (Wildman–Crippen LogP) is 2.71. The number of anilines is 1. The molecule has 0 unspecified atom stereocenters. The number of fused-ring (bicyclic) bond motifs is 1. The summed E-state index contributed by atoms with van der Waals surface area (Å²) in [5.41, 5.74) is 1.74. The molecule has 9 heteroatoms. The highest BCUT2D eigenvalue weighted by molar-refractivity contribution is 7.90. The third-order valence-electron chi connectivity index (χ3n) is 5.27. The van der Waals surface area contributed by atoms with Gasteiger partial charge in [0.15, 0.2) is 9.84 Å². The summed E-state index contributed by atoms with van der Waals surface area (Å²) in [4.78, 5) is 15.1. The number of hydrogen-bond donors (Lipinski definition) is 0. The van der Waals surface area contributed by atoms with Gasteiger partial charge in [-0.3, -0.25) is 4.79 Å². The number of nitrogens with zero attached hydrogens (tertiary/aromatic N) is 2. The van der Waals surface area contributed by atoms with Gasteiger partial charge in [-0.2, -0.15) is 4.31 Å². The number of amides is 1. The molecular weight excluding hydrogens is 424 g/mol. The predicted molar refractivity (Wildman–Crippen MR) is 116 cm³/mol. The van der Waals surface area contributed by atoms with Crippen molar-refractivity contribution in [2.24, 2.45) is 0 Å². The van der Waals surface area contributed by atoms with Crippen molar-refractivity contribution in [3.05, 3.63) is 53.6 Å². The van der Waals surface area contributed by atoms with Crippen molar-refractivity contribution in [1.29, 1.82) is 0 Å². The summed E-state index contributed by atoms with van der Waals surface area (Å²) in [6.45, 7) is 4.71. The van der Waals surface area contributed by atoms with Gasteiger partial charge in [-0.05, 0) is 54.8 Å². The molecule has 0 spiro atoms. The largest absolute Gasteiger partial charge is 0.308 e. The van der Waals surface area contributed by atoms with E-state index in [1.165, 1.54) is 22.5 Å². The van der Waals surface area contributed by atoms with Gasteiger partial charge < -0.3 is 4.90 Å². The Bertz CT molecular complexity index is 1170. The topological polar surface area (TPSA) is 91.8 Å². The normalized spacial score (nSPS) is 14.6. The van der Waals surface area contributed by atoms with Crippen LogP contribution in [-0.4, -0.2) is 52.9 Å². The van der Waals surface area contributed by atoms with Gasteiger partial charge in [-0.25, -0.2) is 16.8 Å². The van der Waals surface area contributed by atoms with Crippen molar-refractivity contribution < 1.29 is 21.6 Å². The highest BCUT2D eigenvalue weighted by atomic mass is 32.2. The number of rotatable bonds is 6. The minimum atomic E-state index is -3.67. The van der Waals surface area contributed by atoms with Gasteiger partial charge in [0.05, 0.1) is 9.79 Å². The first-order chi connectivity index (χ1) is 14.1. The van der Waals surface area contributed by atoms with Crippen LogP contribution in [0, 0.1) is 0 Å². The lowest BCUT2D eigenvalue weighted by Gasteiger charge is -2.30. The summed E-state index contributed by atoms with van der Waals surface area (Å²) in [5.74, 6) is -0.306. The molecule has 0 aromatic heterocycles. The van der Waals surface area contributed by atoms with E-state index in [4.69, 9.17) is 0 Å². The molecule has 0 fully saturated rings. The molecule has 2 aromatic carbocycles. The zero-order valence-electron chi connectivity index (χ0n) is 17.3. The Morgan fingerprint density at radius 3 is 2.33 bits per heavy atom. The Morgan fingerprint density at radius 1 is 1.00 bits per heavy atom. The van der Waals surface area contributed by atoms with Crippen LogP contribution in [0.25, 0.3) is 0 Å². The van der Waals surface area contributed by atoms with Crippen molar-refractivity contribution in [3.8, 4) is 0 Å². The molecule has 0 aliphatic carbocycles. The van der Waals surface area contributed by atoms with Gasteiger partial charge in [0.1, 0.15) is 0 Å². The number of benzene rings is 2. The number of hydrogen-bond acceptors (Lipinski definition) is 5. The molecule has 2 aromatic rings. The molecule has 1 amide bonds. The Hall–Kier alpha value is -2.23. The number of sulfonamides is 1. The van der Waals surface area contributed by atoms with Gasteiger partial charge in [0, 0.05) is 37.1 Å². The molecule has 0 bridgehead atoms. The summed E-state index contributed by atoms with van der Waals surface area (Å²) in [6, 6.07) is 10.8. The molecule has 0 N–H and O–H groups in total. The second-order valence-corrected chi connectivity index (χ2v) is 11.2. The zero-order chi connectivity index (χ0) is 22.1. The summed E-state index contributed by atoms with van der Waals surface area (Å²) in [6.07, 6.45) is 2.53. The monoisotopic (exact) mass is 450 g/mol. The second kappa shape index (κ2) is 8.49. The Labute approximate surface area is 178 Å². The molecule has 1 aliphatic rings. The van der Waals surface area contributed by atoms with Crippen LogP contribution in [-0.2, 0) is 26.3 Å². The number of carbonyl (C=O) groups is 1. The molecule has 0 saturated heterocycles. The maximum absolute atomic E-state index is 13.2. The van der Waals surface area contributed by atoms with Gasteiger partial charge >= 0.3 is 0 Å². The van der Waals surface area contributed by atoms with E-state index in [0.717, 1.165) is 11.8 Å². The van der Waals surface area contributed by atoms with Crippen molar-refractivity contribution in [2.45, 2.75) is 36.5 Å². The van der Waals surface area contributed by atoms with Crippen LogP contribution in [0.5, 0.6) is 0 Å². The van der Waals surface area contributed by atoms with Crippen LogP contribution in [0.1, 0.15) is 36.2 Å². The fourth-order valence-electron chi connectivity index (χ4n) is 3.67. The zero-order valence-corrected chi connectivity index (χ0v) is 19.0. The molecule has 3 rings (SSSR count). The van der Waals surface area contributed by atoms with Crippen LogP contribution in [0.2, 0.25) is 0 Å². The van der Waals surface area contributed by atoms with Crippen molar-refractivity contribution in [2.75, 3.05) is 30.8 Å². The van der Waals surface area contributed by atoms with Crippen LogP contribution >= 0.6 is 0 Å². The van der Waals surface area contributed by atoms with Crippen LogP contribution < -0.4 is 4.90 Å². The average Bonchev–Trinajstić information content (AvgIpc) is 2.72. The average molecular weight is 451 g/mol. The van der Waals surface area contributed by atoms with E-state index < -0.39 is 19.9 Å². The molecule has 7 nitrogen and oxygen atoms in total. The third kappa shape index (κ3) is 4.28. The molecule has 0 radical (unpaired) electrons. The molecular formula is C21H26N2O5S2. The molecule has 162 valence electrons. The Balaban J connectivity index is 1.98. The number of carbonyl (C=O) groups excluding carboxylic acids is 1. The van der Waals surface area contributed by atoms with E-state index in [2.05, 4.69) is 0 Å². The Morgan fingerprint density at radius 2 is 1.70 bits per heavy atom. The smallest absolute Gasteiger partial charge is 0.258 e. The van der Waals surface area contributed by atoms with Crippen molar-refractivity contribution in [3.63, 3.8) is 0 Å². The lowest BCUT2D eigenvalue weighted by atomic mass is 10.0. The lowest BCUT2D eigenvalue weighted by Crippen LogP contribution is -2.36. The standard InChI is InChI=1S/C21H26N2O5S2/c1-4-22(5-2)30(27,28)19-10-6-8-17(15-19)21(24)23-13-7-9-16-14-18(29(3,25)26)11-12-20(16)23/h6,8,10-12,14-15H,4-5,7,9,13H2,1-3H3. The van der Waals surface area contributed by atoms with E-state index in [9.17, 15) is 21.6 Å². The molecule has 1 heterocycles. The molecule has 0 saturated carbocycles. The summed E-state index contributed by atoms with van der Waals surface area (Å²) < 4.78 is 50.7. The van der Waals surface area contributed by atoms with E-state index in [-0.39, 0.29) is 21.3 Å². The molecule has 30 heavy (non-hydrogen) atoms. The van der Waals surface area contributed by atoms with E-state index >= 15 is 0 Å². The van der Waals surface area contributed by atoms with Gasteiger partial charge in [-0.15, -0.1) is 0 Å². The summed E-state index contributed by atoms with van der Waals surface area (Å²) >= 11 is 0. The van der Waals surface area contributed by atoms with Crippen LogP contribution in [0.3, 0.4) is 0 Å². The summed E-state index contributed by atoms with van der Waals surface area (Å²) in [7, 11) is -7.01.